The monoisotopic (exact) mass is 564 g/mol. The fourth-order valence-electron chi connectivity index (χ4n) is 6.22. The van der Waals surface area contributed by atoms with Crippen molar-refractivity contribution in [1.29, 1.82) is 0 Å². The normalized spacial score (nSPS) is 11.6. The Balaban J connectivity index is 1.33. The van der Waals surface area contributed by atoms with Crippen LogP contribution >= 0.6 is 0 Å². The van der Waals surface area contributed by atoms with Crippen LogP contribution in [0.2, 0.25) is 0 Å². The number of hydrogen-bond donors (Lipinski definition) is 0. The quantitative estimate of drug-likeness (QED) is 0.213. The summed E-state index contributed by atoms with van der Waals surface area (Å²) in [5.74, 6) is 1.72. The van der Waals surface area contributed by atoms with E-state index >= 15 is 0 Å². The fourth-order valence-corrected chi connectivity index (χ4v) is 6.22. The smallest absolute Gasteiger partial charge is 0.238 e. The lowest BCUT2D eigenvalue weighted by Gasteiger charge is -2.11. The number of para-hydroxylation sites is 3. The number of hydrogen-bond acceptors (Lipinski definition) is 4. The third-order valence-corrected chi connectivity index (χ3v) is 8.28. The van der Waals surface area contributed by atoms with Gasteiger partial charge in [-0.3, -0.25) is 4.57 Å². The molecule has 0 aliphatic rings. The molecule has 0 radical (unpaired) electrons. The van der Waals surface area contributed by atoms with E-state index in [9.17, 15) is 0 Å². The molecule has 0 unspecified atom stereocenters. The van der Waals surface area contributed by atoms with Crippen molar-refractivity contribution in [2.45, 2.75) is 0 Å². The molecule has 44 heavy (non-hydrogen) atoms. The zero-order chi connectivity index (χ0) is 29.0. The molecule has 9 aromatic rings. The van der Waals surface area contributed by atoms with Crippen LogP contribution in [0.1, 0.15) is 0 Å². The Kier molecular flexibility index (Phi) is 5.43. The van der Waals surface area contributed by atoms with E-state index in [0.29, 0.717) is 17.6 Å². The van der Waals surface area contributed by atoms with Gasteiger partial charge in [0.05, 0.1) is 16.6 Å². The van der Waals surface area contributed by atoms with Crippen LogP contribution in [0, 0.1) is 0 Å². The van der Waals surface area contributed by atoms with Gasteiger partial charge >= 0.3 is 0 Å². The molecule has 0 amide bonds. The maximum atomic E-state index is 6.40. The van der Waals surface area contributed by atoms with Gasteiger partial charge in [-0.2, -0.15) is 9.97 Å². The second-order valence-electron chi connectivity index (χ2n) is 10.9. The molecule has 0 saturated carbocycles. The van der Waals surface area contributed by atoms with Gasteiger partial charge in [0.25, 0.3) is 0 Å². The van der Waals surface area contributed by atoms with Gasteiger partial charge in [-0.25, -0.2) is 4.98 Å². The predicted octanol–water partition coefficient (Wildman–Crippen LogP) is 9.87. The van der Waals surface area contributed by atoms with E-state index in [1.807, 2.05) is 66.7 Å². The summed E-state index contributed by atoms with van der Waals surface area (Å²) >= 11 is 0. The average Bonchev–Trinajstić information content (AvgIpc) is 3.64. The third kappa shape index (κ3) is 3.83. The van der Waals surface area contributed by atoms with Crippen molar-refractivity contribution in [3.8, 4) is 39.9 Å². The topological polar surface area (TPSA) is 56.7 Å². The van der Waals surface area contributed by atoms with Crippen molar-refractivity contribution in [3.05, 3.63) is 146 Å². The Morgan fingerprint density at radius 1 is 0.432 bits per heavy atom. The first-order valence-electron chi connectivity index (χ1n) is 14.6. The Morgan fingerprint density at radius 2 is 1.09 bits per heavy atom. The molecule has 0 saturated heterocycles. The molecule has 206 valence electrons. The summed E-state index contributed by atoms with van der Waals surface area (Å²) < 4.78 is 8.55. The number of furan rings is 1. The summed E-state index contributed by atoms with van der Waals surface area (Å²) in [6, 6.07) is 49.8. The van der Waals surface area contributed by atoms with Gasteiger partial charge in [0.1, 0.15) is 11.2 Å². The van der Waals surface area contributed by atoms with Crippen LogP contribution < -0.4 is 0 Å². The fraction of sp³-hybridized carbons (Fsp3) is 0. The van der Waals surface area contributed by atoms with Gasteiger partial charge in [0.15, 0.2) is 11.6 Å². The molecule has 0 spiro atoms. The molecule has 0 N–H and O–H groups in total. The molecule has 3 aromatic heterocycles. The first-order chi connectivity index (χ1) is 21.8. The van der Waals surface area contributed by atoms with Crippen molar-refractivity contribution in [3.63, 3.8) is 0 Å². The van der Waals surface area contributed by atoms with Crippen molar-refractivity contribution in [2.75, 3.05) is 0 Å². The van der Waals surface area contributed by atoms with Crippen LogP contribution in [-0.2, 0) is 0 Å². The summed E-state index contributed by atoms with van der Waals surface area (Å²) in [7, 11) is 0. The molecule has 3 heterocycles. The first kappa shape index (κ1) is 24.5. The van der Waals surface area contributed by atoms with E-state index in [1.54, 1.807) is 0 Å². The summed E-state index contributed by atoms with van der Waals surface area (Å²) in [6.45, 7) is 0. The second-order valence-corrected chi connectivity index (χ2v) is 10.9. The predicted molar refractivity (Wildman–Crippen MR) is 178 cm³/mol. The Morgan fingerprint density at radius 3 is 1.93 bits per heavy atom. The lowest BCUT2D eigenvalue weighted by atomic mass is 10.0. The van der Waals surface area contributed by atoms with Crippen LogP contribution in [0.25, 0.3) is 83.6 Å². The minimum atomic E-state index is 0.556. The molecular formula is C39H24N4O. The van der Waals surface area contributed by atoms with E-state index in [-0.39, 0.29) is 0 Å². The molecule has 9 rings (SSSR count). The van der Waals surface area contributed by atoms with E-state index in [0.717, 1.165) is 54.9 Å². The Hall–Kier alpha value is -6.07. The summed E-state index contributed by atoms with van der Waals surface area (Å²) in [4.78, 5) is 15.3. The van der Waals surface area contributed by atoms with Gasteiger partial charge in [-0.1, -0.05) is 115 Å². The molecule has 0 aliphatic carbocycles. The second kappa shape index (κ2) is 9.75. The molecule has 0 aliphatic heterocycles. The minimum Gasteiger partial charge on any atom is -0.455 e. The molecule has 6 aromatic carbocycles. The Labute approximate surface area is 252 Å². The van der Waals surface area contributed by atoms with E-state index in [4.69, 9.17) is 19.4 Å². The summed E-state index contributed by atoms with van der Waals surface area (Å²) in [5.41, 5.74) is 7.75. The molecule has 0 atom stereocenters. The van der Waals surface area contributed by atoms with Gasteiger partial charge in [0, 0.05) is 27.1 Å². The summed E-state index contributed by atoms with van der Waals surface area (Å²) in [5, 5.41) is 4.39. The minimum absolute atomic E-state index is 0.556. The maximum Gasteiger partial charge on any atom is 0.238 e. The number of fused-ring (bicyclic) bond motifs is 6. The SMILES string of the molecule is c1ccc(-c2ccc3c(c2)c2ccccc2n3-c2nc(-c3ccccc3)nc(-c3cccc4c3oc3ccccc34)n2)cc1. The highest BCUT2D eigenvalue weighted by molar-refractivity contribution is 6.11. The van der Waals surface area contributed by atoms with Gasteiger partial charge in [0.2, 0.25) is 5.95 Å². The standard InChI is InChI=1S/C39H24N4O/c1-3-12-25(13-4-1)27-22-23-34-32(24-27)28-16-7-9-20-33(28)43(34)39-41-37(26-14-5-2-6-15-26)40-38(42-39)31-19-11-18-30-29-17-8-10-21-35(29)44-36(30)31/h1-24H. The molecule has 5 heteroatoms. The highest BCUT2D eigenvalue weighted by Gasteiger charge is 2.20. The lowest BCUT2D eigenvalue weighted by molar-refractivity contribution is 0.669. The largest absolute Gasteiger partial charge is 0.455 e. The number of nitrogens with zero attached hydrogens (tertiary/aromatic N) is 4. The zero-order valence-electron chi connectivity index (χ0n) is 23.6. The molecule has 0 fully saturated rings. The van der Waals surface area contributed by atoms with Crippen molar-refractivity contribution in [1.82, 2.24) is 19.5 Å². The van der Waals surface area contributed by atoms with Gasteiger partial charge in [-0.15, -0.1) is 0 Å². The molecule has 0 bridgehead atoms. The van der Waals surface area contributed by atoms with E-state index < -0.39 is 0 Å². The van der Waals surface area contributed by atoms with Crippen molar-refractivity contribution in [2.24, 2.45) is 0 Å². The van der Waals surface area contributed by atoms with Crippen LogP contribution in [0.4, 0.5) is 0 Å². The van der Waals surface area contributed by atoms with Gasteiger partial charge < -0.3 is 4.42 Å². The number of aromatic nitrogens is 4. The zero-order valence-corrected chi connectivity index (χ0v) is 23.6. The third-order valence-electron chi connectivity index (χ3n) is 8.28. The number of rotatable bonds is 4. The van der Waals surface area contributed by atoms with E-state index in [2.05, 4.69) is 83.4 Å². The van der Waals surface area contributed by atoms with Crippen molar-refractivity contribution >= 4 is 43.7 Å². The lowest BCUT2D eigenvalue weighted by Crippen LogP contribution is -2.06. The summed E-state index contributed by atoms with van der Waals surface area (Å²) in [6.07, 6.45) is 0. The van der Waals surface area contributed by atoms with Gasteiger partial charge in [-0.05, 0) is 41.5 Å². The van der Waals surface area contributed by atoms with Crippen LogP contribution in [-0.4, -0.2) is 19.5 Å². The Bertz CT molecular complexity index is 2490. The van der Waals surface area contributed by atoms with Crippen LogP contribution in [0.5, 0.6) is 0 Å². The van der Waals surface area contributed by atoms with Crippen LogP contribution in [0.15, 0.2) is 150 Å². The first-order valence-corrected chi connectivity index (χ1v) is 14.6. The average molecular weight is 565 g/mol. The number of benzene rings is 6. The molecular weight excluding hydrogens is 540 g/mol. The van der Waals surface area contributed by atoms with Crippen LogP contribution in [0.3, 0.4) is 0 Å². The maximum absolute atomic E-state index is 6.40. The highest BCUT2D eigenvalue weighted by atomic mass is 16.3. The highest BCUT2D eigenvalue weighted by Crippen LogP contribution is 2.37. The van der Waals surface area contributed by atoms with E-state index in [1.165, 1.54) is 11.1 Å². The molecule has 5 nitrogen and oxygen atoms in total. The van der Waals surface area contributed by atoms with Crippen molar-refractivity contribution < 1.29 is 4.42 Å².